The summed E-state index contributed by atoms with van der Waals surface area (Å²) in [6.07, 6.45) is 1.07. The molecule has 1 N–H and O–H groups in total. The summed E-state index contributed by atoms with van der Waals surface area (Å²) < 4.78 is 5.62. The van der Waals surface area contributed by atoms with Crippen molar-refractivity contribution in [2.45, 2.75) is 26.3 Å². The van der Waals surface area contributed by atoms with E-state index >= 15 is 0 Å². The molecular weight excluding hydrogens is 246 g/mol. The smallest absolute Gasteiger partial charge is 0.119 e. The summed E-state index contributed by atoms with van der Waals surface area (Å²) in [6.45, 7) is 5.94. The maximum Gasteiger partial charge on any atom is 0.119 e. The van der Waals surface area contributed by atoms with Crippen molar-refractivity contribution in [3.63, 3.8) is 0 Å². The Bertz CT molecular complexity index is 606. The highest BCUT2D eigenvalue weighted by molar-refractivity contribution is 5.45. The van der Waals surface area contributed by atoms with Gasteiger partial charge in [0.05, 0.1) is 12.6 Å². The Balaban J connectivity index is 2.00. The summed E-state index contributed by atoms with van der Waals surface area (Å²) in [7, 11) is 0. The third kappa shape index (κ3) is 2.44. The number of hydrogen-bond donors (Lipinski definition) is 1. The van der Waals surface area contributed by atoms with E-state index in [2.05, 4.69) is 54.7 Å². The van der Waals surface area contributed by atoms with Crippen molar-refractivity contribution >= 4 is 0 Å². The van der Waals surface area contributed by atoms with Gasteiger partial charge in [0, 0.05) is 6.54 Å². The van der Waals surface area contributed by atoms with Crippen LogP contribution in [0, 0.1) is 6.92 Å². The summed E-state index contributed by atoms with van der Waals surface area (Å²) in [4.78, 5) is 0. The summed E-state index contributed by atoms with van der Waals surface area (Å²) in [5, 5.41) is 3.64. The molecule has 1 aliphatic rings. The zero-order chi connectivity index (χ0) is 13.9. The monoisotopic (exact) mass is 267 g/mol. The zero-order valence-electron chi connectivity index (χ0n) is 12.1. The molecule has 0 fully saturated rings. The van der Waals surface area contributed by atoms with Crippen molar-refractivity contribution in [2.75, 3.05) is 13.2 Å². The predicted octanol–water partition coefficient (Wildman–Crippen LogP) is 3.63. The van der Waals surface area contributed by atoms with Crippen LogP contribution in [0.3, 0.4) is 0 Å². The number of fused-ring (bicyclic) bond motifs is 1. The fraction of sp³-hybridized carbons (Fsp3) is 0.333. The lowest BCUT2D eigenvalue weighted by molar-refractivity contribution is 0.339. The molecule has 0 bridgehead atoms. The first-order valence-electron chi connectivity index (χ1n) is 7.34. The molecule has 2 aromatic rings. The van der Waals surface area contributed by atoms with Crippen molar-refractivity contribution in [1.29, 1.82) is 0 Å². The Kier molecular flexibility index (Phi) is 3.75. The summed E-state index contributed by atoms with van der Waals surface area (Å²) in [5.41, 5.74) is 5.50. The van der Waals surface area contributed by atoms with E-state index in [-0.39, 0.29) is 0 Å². The molecule has 1 aliphatic heterocycles. The van der Waals surface area contributed by atoms with Crippen molar-refractivity contribution < 1.29 is 4.74 Å². The number of benzene rings is 2. The van der Waals surface area contributed by atoms with Crippen LogP contribution >= 0.6 is 0 Å². The number of aryl methyl sites for hydroxylation is 1. The van der Waals surface area contributed by atoms with Gasteiger partial charge in [-0.25, -0.2) is 0 Å². The van der Waals surface area contributed by atoms with Gasteiger partial charge in [0.25, 0.3) is 0 Å². The molecule has 0 saturated carbocycles. The van der Waals surface area contributed by atoms with Crippen LogP contribution in [-0.2, 0) is 6.42 Å². The number of nitrogens with one attached hydrogen (secondary N) is 1. The lowest BCUT2D eigenvalue weighted by Crippen LogP contribution is -2.31. The van der Waals surface area contributed by atoms with Crippen LogP contribution in [-0.4, -0.2) is 13.2 Å². The minimum absolute atomic E-state index is 0.302. The molecule has 2 aromatic carbocycles. The summed E-state index contributed by atoms with van der Waals surface area (Å²) >= 11 is 0. The molecule has 0 radical (unpaired) electrons. The summed E-state index contributed by atoms with van der Waals surface area (Å²) in [5.74, 6) is 0.983. The average Bonchev–Trinajstić information content (AvgIpc) is 2.47. The van der Waals surface area contributed by atoms with Crippen LogP contribution in [0.2, 0.25) is 0 Å². The largest absolute Gasteiger partial charge is 0.494 e. The van der Waals surface area contributed by atoms with Gasteiger partial charge in [-0.3, -0.25) is 0 Å². The Labute approximate surface area is 120 Å². The molecule has 1 heterocycles. The Morgan fingerprint density at radius 3 is 2.80 bits per heavy atom. The topological polar surface area (TPSA) is 21.3 Å². The highest BCUT2D eigenvalue weighted by Gasteiger charge is 2.22. The van der Waals surface area contributed by atoms with Crippen molar-refractivity contribution in [1.82, 2.24) is 5.32 Å². The molecule has 2 nitrogen and oxygen atoms in total. The predicted molar refractivity (Wildman–Crippen MR) is 82.3 cm³/mol. The molecule has 1 unspecified atom stereocenters. The maximum atomic E-state index is 5.62. The SMILES string of the molecule is CCOc1ccc2c(c1)CCNC2c1ccccc1C. The lowest BCUT2D eigenvalue weighted by atomic mass is 9.88. The Hall–Kier alpha value is -1.80. The number of hydrogen-bond acceptors (Lipinski definition) is 2. The molecule has 0 aliphatic carbocycles. The molecule has 1 atom stereocenters. The fourth-order valence-electron chi connectivity index (χ4n) is 2.99. The lowest BCUT2D eigenvalue weighted by Gasteiger charge is -2.29. The van der Waals surface area contributed by atoms with Crippen LogP contribution in [0.5, 0.6) is 5.75 Å². The Morgan fingerprint density at radius 1 is 1.15 bits per heavy atom. The molecule has 20 heavy (non-hydrogen) atoms. The van der Waals surface area contributed by atoms with Gasteiger partial charge < -0.3 is 10.1 Å². The fourth-order valence-corrected chi connectivity index (χ4v) is 2.99. The quantitative estimate of drug-likeness (QED) is 0.917. The van der Waals surface area contributed by atoms with Crippen molar-refractivity contribution in [3.05, 3.63) is 64.7 Å². The molecule has 0 saturated heterocycles. The molecule has 2 heteroatoms. The first kappa shape index (κ1) is 13.2. The van der Waals surface area contributed by atoms with E-state index in [1.807, 2.05) is 6.92 Å². The first-order valence-corrected chi connectivity index (χ1v) is 7.34. The van der Waals surface area contributed by atoms with E-state index in [4.69, 9.17) is 4.74 Å². The highest BCUT2D eigenvalue weighted by Crippen LogP contribution is 2.32. The van der Waals surface area contributed by atoms with E-state index in [0.29, 0.717) is 6.04 Å². The molecule has 0 spiro atoms. The van der Waals surface area contributed by atoms with Gasteiger partial charge >= 0.3 is 0 Å². The van der Waals surface area contributed by atoms with E-state index in [9.17, 15) is 0 Å². The van der Waals surface area contributed by atoms with Gasteiger partial charge in [-0.2, -0.15) is 0 Å². The normalized spacial score (nSPS) is 17.6. The third-order valence-electron chi connectivity index (χ3n) is 3.98. The molecular formula is C18H21NO. The molecule has 3 rings (SSSR count). The minimum Gasteiger partial charge on any atom is -0.494 e. The minimum atomic E-state index is 0.302. The van der Waals surface area contributed by atoms with E-state index in [1.165, 1.54) is 22.3 Å². The number of rotatable bonds is 3. The molecule has 0 amide bonds. The van der Waals surface area contributed by atoms with Crippen LogP contribution in [0.4, 0.5) is 0 Å². The van der Waals surface area contributed by atoms with Crippen LogP contribution in [0.25, 0.3) is 0 Å². The van der Waals surface area contributed by atoms with Crippen molar-refractivity contribution in [2.24, 2.45) is 0 Å². The number of ether oxygens (including phenoxy) is 1. The van der Waals surface area contributed by atoms with E-state index < -0.39 is 0 Å². The molecule has 0 aromatic heterocycles. The third-order valence-corrected chi connectivity index (χ3v) is 3.98. The van der Waals surface area contributed by atoms with E-state index in [1.54, 1.807) is 0 Å². The Morgan fingerprint density at radius 2 is 2.00 bits per heavy atom. The average molecular weight is 267 g/mol. The summed E-state index contributed by atoms with van der Waals surface area (Å²) in [6, 6.07) is 15.4. The highest BCUT2D eigenvalue weighted by atomic mass is 16.5. The van der Waals surface area contributed by atoms with Crippen LogP contribution in [0.15, 0.2) is 42.5 Å². The standard InChI is InChI=1S/C18H21NO/c1-3-20-15-8-9-17-14(12-15)10-11-19-18(17)16-7-5-4-6-13(16)2/h4-9,12,18-19H,3,10-11H2,1-2H3. The van der Waals surface area contributed by atoms with Crippen LogP contribution < -0.4 is 10.1 Å². The van der Waals surface area contributed by atoms with Gasteiger partial charge in [0.1, 0.15) is 5.75 Å². The van der Waals surface area contributed by atoms with Crippen LogP contribution in [0.1, 0.15) is 35.2 Å². The van der Waals surface area contributed by atoms with Gasteiger partial charge in [0.2, 0.25) is 0 Å². The second kappa shape index (κ2) is 5.68. The van der Waals surface area contributed by atoms with Gasteiger partial charge in [-0.15, -0.1) is 0 Å². The first-order chi connectivity index (χ1) is 9.79. The van der Waals surface area contributed by atoms with Gasteiger partial charge in [-0.1, -0.05) is 30.3 Å². The van der Waals surface area contributed by atoms with E-state index in [0.717, 1.165) is 25.3 Å². The van der Waals surface area contributed by atoms with Gasteiger partial charge in [-0.05, 0) is 54.7 Å². The van der Waals surface area contributed by atoms with Gasteiger partial charge in [0.15, 0.2) is 0 Å². The second-order valence-corrected chi connectivity index (χ2v) is 5.29. The maximum absolute atomic E-state index is 5.62. The zero-order valence-corrected chi connectivity index (χ0v) is 12.1. The molecule has 104 valence electrons. The second-order valence-electron chi connectivity index (χ2n) is 5.29. The van der Waals surface area contributed by atoms with Crippen molar-refractivity contribution in [3.8, 4) is 5.75 Å².